The van der Waals surface area contributed by atoms with Gasteiger partial charge >= 0.3 is 0 Å². The fourth-order valence-electron chi connectivity index (χ4n) is 1.83. The van der Waals surface area contributed by atoms with Crippen LogP contribution < -0.4 is 4.74 Å². The summed E-state index contributed by atoms with van der Waals surface area (Å²) < 4.78 is 5.27. The zero-order chi connectivity index (χ0) is 13.0. The van der Waals surface area contributed by atoms with Crippen LogP contribution in [0.1, 0.15) is 41.3 Å². The van der Waals surface area contributed by atoms with Crippen LogP contribution in [0.15, 0.2) is 12.1 Å². The second-order valence-corrected chi connectivity index (χ2v) is 4.26. The lowest BCUT2D eigenvalue weighted by Crippen LogP contribution is -2.21. The Morgan fingerprint density at radius 1 is 1.41 bits per heavy atom. The van der Waals surface area contributed by atoms with Gasteiger partial charge in [-0.3, -0.25) is 4.79 Å². The third kappa shape index (κ3) is 2.86. The maximum atomic E-state index is 12.0. The Hall–Kier alpha value is -1.35. The van der Waals surface area contributed by atoms with Crippen LogP contribution >= 0.6 is 0 Å². The van der Waals surface area contributed by atoms with Crippen molar-refractivity contribution in [2.45, 2.75) is 39.7 Å². The average molecular weight is 236 g/mol. The molecule has 1 rings (SSSR count). The van der Waals surface area contributed by atoms with Crippen LogP contribution in [0.25, 0.3) is 0 Å². The zero-order valence-electron chi connectivity index (χ0n) is 10.9. The molecule has 0 saturated carbocycles. The van der Waals surface area contributed by atoms with E-state index in [9.17, 15) is 9.90 Å². The van der Waals surface area contributed by atoms with E-state index < -0.39 is 6.10 Å². The van der Waals surface area contributed by atoms with Crippen molar-refractivity contribution in [2.24, 2.45) is 0 Å². The number of carbonyl (C=O) groups is 1. The Morgan fingerprint density at radius 2 is 2.06 bits per heavy atom. The molecule has 0 aliphatic heterocycles. The first-order valence-electron chi connectivity index (χ1n) is 5.89. The van der Waals surface area contributed by atoms with Gasteiger partial charge in [0.25, 0.3) is 0 Å². The number of aliphatic hydroxyl groups excluding tert-OH is 1. The Kier molecular flexibility index (Phi) is 4.70. The fourth-order valence-corrected chi connectivity index (χ4v) is 1.83. The van der Waals surface area contributed by atoms with E-state index in [1.807, 2.05) is 26.8 Å². The minimum atomic E-state index is -0.934. The van der Waals surface area contributed by atoms with Crippen molar-refractivity contribution >= 4 is 5.78 Å². The van der Waals surface area contributed by atoms with Crippen LogP contribution in [0.2, 0.25) is 0 Å². The quantitative estimate of drug-likeness (QED) is 0.799. The third-order valence-corrected chi connectivity index (χ3v) is 3.01. The van der Waals surface area contributed by atoms with Crippen LogP contribution in [0, 0.1) is 13.8 Å². The summed E-state index contributed by atoms with van der Waals surface area (Å²) in [5.41, 5.74) is 2.49. The van der Waals surface area contributed by atoms with Crippen molar-refractivity contribution in [1.82, 2.24) is 0 Å². The predicted octanol–water partition coefficient (Wildman–Crippen LogP) is 2.66. The lowest BCUT2D eigenvalue weighted by atomic mass is 9.97. The summed E-state index contributed by atoms with van der Waals surface area (Å²) in [6.07, 6.45) is 0.325. The van der Waals surface area contributed by atoms with Crippen molar-refractivity contribution in [1.29, 1.82) is 0 Å². The molecular weight excluding hydrogens is 216 g/mol. The topological polar surface area (TPSA) is 46.5 Å². The van der Waals surface area contributed by atoms with E-state index in [2.05, 4.69) is 0 Å². The van der Waals surface area contributed by atoms with E-state index in [1.54, 1.807) is 13.2 Å². The lowest BCUT2D eigenvalue weighted by Gasteiger charge is -2.15. The number of hydrogen-bond acceptors (Lipinski definition) is 3. The summed E-state index contributed by atoms with van der Waals surface area (Å²) >= 11 is 0. The summed E-state index contributed by atoms with van der Waals surface area (Å²) in [6, 6.07) is 3.60. The normalized spacial score (nSPS) is 12.3. The van der Waals surface area contributed by atoms with E-state index in [-0.39, 0.29) is 5.78 Å². The molecule has 3 nitrogen and oxygen atoms in total. The number of ketones is 1. The molecule has 94 valence electrons. The maximum absolute atomic E-state index is 12.0. The standard InChI is InChI=1S/C14H20O3/c1-5-6-12(15)13(16)11-8-7-9(2)10(3)14(11)17-4/h7-8,12,15H,5-6H2,1-4H3. The molecule has 0 radical (unpaired) electrons. The Balaban J connectivity index is 3.14. The highest BCUT2D eigenvalue weighted by Crippen LogP contribution is 2.27. The first-order valence-corrected chi connectivity index (χ1v) is 5.89. The molecule has 1 aromatic carbocycles. The maximum Gasteiger partial charge on any atom is 0.194 e. The SMILES string of the molecule is CCCC(O)C(=O)c1ccc(C)c(C)c1OC. The molecule has 0 aliphatic carbocycles. The van der Waals surface area contributed by atoms with E-state index in [0.717, 1.165) is 17.5 Å². The van der Waals surface area contributed by atoms with Gasteiger partial charge in [-0.25, -0.2) is 0 Å². The summed E-state index contributed by atoms with van der Waals surface area (Å²) in [5.74, 6) is 0.317. The summed E-state index contributed by atoms with van der Waals surface area (Å²) in [6.45, 7) is 5.82. The van der Waals surface area contributed by atoms with Gasteiger partial charge in [0.1, 0.15) is 11.9 Å². The number of Topliss-reactive ketones (excluding diaryl/α,β-unsaturated/α-hetero) is 1. The Labute approximate surface area is 102 Å². The minimum Gasteiger partial charge on any atom is -0.496 e. The summed E-state index contributed by atoms with van der Waals surface area (Å²) in [4.78, 5) is 12.0. The number of aryl methyl sites for hydroxylation is 1. The number of ether oxygens (including phenoxy) is 1. The minimum absolute atomic E-state index is 0.258. The molecule has 17 heavy (non-hydrogen) atoms. The van der Waals surface area contributed by atoms with Crippen LogP contribution in [-0.4, -0.2) is 24.1 Å². The Morgan fingerprint density at radius 3 is 2.59 bits per heavy atom. The largest absolute Gasteiger partial charge is 0.496 e. The van der Waals surface area contributed by atoms with Crippen molar-refractivity contribution < 1.29 is 14.6 Å². The fraction of sp³-hybridized carbons (Fsp3) is 0.500. The van der Waals surface area contributed by atoms with Gasteiger partial charge in [0.05, 0.1) is 12.7 Å². The van der Waals surface area contributed by atoms with Gasteiger partial charge in [0.2, 0.25) is 0 Å². The monoisotopic (exact) mass is 236 g/mol. The van der Waals surface area contributed by atoms with Crippen LogP contribution in [0.4, 0.5) is 0 Å². The molecule has 1 unspecified atom stereocenters. The van der Waals surface area contributed by atoms with Gasteiger partial charge in [-0.1, -0.05) is 19.4 Å². The smallest absolute Gasteiger partial charge is 0.194 e. The molecule has 0 aromatic heterocycles. The number of carbonyl (C=O) groups excluding carboxylic acids is 1. The van der Waals surface area contributed by atoms with Crippen molar-refractivity contribution in [3.63, 3.8) is 0 Å². The molecule has 0 amide bonds. The predicted molar refractivity (Wildman–Crippen MR) is 67.7 cm³/mol. The van der Waals surface area contributed by atoms with E-state index >= 15 is 0 Å². The van der Waals surface area contributed by atoms with Crippen LogP contribution in [0.3, 0.4) is 0 Å². The number of hydrogen-bond donors (Lipinski definition) is 1. The Bertz CT molecular complexity index is 410. The molecule has 0 aliphatic rings. The van der Waals surface area contributed by atoms with Crippen molar-refractivity contribution in [3.05, 3.63) is 28.8 Å². The number of rotatable bonds is 5. The lowest BCUT2D eigenvalue weighted by molar-refractivity contribution is 0.0726. The molecule has 3 heteroatoms. The van der Waals surface area contributed by atoms with Gasteiger partial charge in [0, 0.05) is 0 Å². The highest BCUT2D eigenvalue weighted by Gasteiger charge is 2.21. The van der Waals surface area contributed by atoms with Crippen LogP contribution in [-0.2, 0) is 0 Å². The van der Waals surface area contributed by atoms with Gasteiger partial charge in [-0.05, 0) is 37.5 Å². The van der Waals surface area contributed by atoms with Gasteiger partial charge in [0.15, 0.2) is 5.78 Å². The van der Waals surface area contributed by atoms with E-state index in [4.69, 9.17) is 4.74 Å². The molecule has 1 N–H and O–H groups in total. The van der Waals surface area contributed by atoms with Crippen molar-refractivity contribution in [2.75, 3.05) is 7.11 Å². The second kappa shape index (κ2) is 5.82. The average Bonchev–Trinajstić information content (AvgIpc) is 2.31. The first-order chi connectivity index (χ1) is 8.02. The van der Waals surface area contributed by atoms with Crippen LogP contribution in [0.5, 0.6) is 5.75 Å². The van der Waals surface area contributed by atoms with Crippen molar-refractivity contribution in [3.8, 4) is 5.75 Å². The molecule has 0 spiro atoms. The van der Waals surface area contributed by atoms with Gasteiger partial charge in [-0.15, -0.1) is 0 Å². The molecular formula is C14H20O3. The van der Waals surface area contributed by atoms with E-state index in [1.165, 1.54) is 0 Å². The number of aliphatic hydroxyl groups is 1. The molecule has 1 aromatic rings. The molecule has 0 heterocycles. The highest BCUT2D eigenvalue weighted by atomic mass is 16.5. The first kappa shape index (κ1) is 13.7. The van der Waals surface area contributed by atoms with E-state index in [0.29, 0.717) is 17.7 Å². The highest BCUT2D eigenvalue weighted by molar-refractivity contribution is 6.02. The van der Waals surface area contributed by atoms with Gasteiger partial charge in [-0.2, -0.15) is 0 Å². The summed E-state index contributed by atoms with van der Waals surface area (Å²) in [5, 5.41) is 9.75. The number of methoxy groups -OCH3 is 1. The molecule has 0 bridgehead atoms. The second-order valence-electron chi connectivity index (χ2n) is 4.26. The van der Waals surface area contributed by atoms with Gasteiger partial charge < -0.3 is 9.84 Å². The molecule has 0 saturated heterocycles. The third-order valence-electron chi connectivity index (χ3n) is 3.01. The summed E-state index contributed by atoms with van der Waals surface area (Å²) in [7, 11) is 1.55. The zero-order valence-corrected chi connectivity index (χ0v) is 10.9. The number of benzene rings is 1. The molecule has 0 fully saturated rings. The molecule has 1 atom stereocenters.